The summed E-state index contributed by atoms with van der Waals surface area (Å²) in [6.07, 6.45) is -0.242. The Balaban J connectivity index is 2.32. The van der Waals surface area contributed by atoms with Crippen molar-refractivity contribution < 1.29 is 18.7 Å². The van der Waals surface area contributed by atoms with Gasteiger partial charge >= 0.3 is 0 Å². The van der Waals surface area contributed by atoms with Crippen LogP contribution in [0.4, 0.5) is 8.78 Å². The number of hydrogen-bond acceptors (Lipinski definition) is 3. The number of aliphatic hydroxyl groups is 1. The largest absolute Gasteiger partial charge is 0.391 e. The van der Waals surface area contributed by atoms with Gasteiger partial charge in [0.15, 0.2) is 0 Å². The van der Waals surface area contributed by atoms with E-state index < -0.39 is 29.2 Å². The van der Waals surface area contributed by atoms with E-state index in [1.54, 1.807) is 0 Å². The van der Waals surface area contributed by atoms with Crippen molar-refractivity contribution in [2.45, 2.75) is 25.5 Å². The number of β-amino-alcohol motifs (C(OH)–C–C–N with tert-alkyl or cyclic N) is 1. The van der Waals surface area contributed by atoms with Crippen molar-refractivity contribution in [2.24, 2.45) is 0 Å². The lowest BCUT2D eigenvalue weighted by Crippen LogP contribution is -2.42. The number of benzene rings is 1. The molecule has 1 N–H and O–H groups in total. The molecule has 0 radical (unpaired) electrons. The highest BCUT2D eigenvalue weighted by molar-refractivity contribution is 5.95. The van der Waals surface area contributed by atoms with Crippen molar-refractivity contribution in [1.29, 1.82) is 0 Å². The molecular weight excluding hydrogens is 278 g/mol. The summed E-state index contributed by atoms with van der Waals surface area (Å²) in [5.41, 5.74) is -0.309. The molecule has 2 atom stereocenters. The van der Waals surface area contributed by atoms with E-state index in [0.29, 0.717) is 13.0 Å². The summed E-state index contributed by atoms with van der Waals surface area (Å²) in [6.45, 7) is 2.13. The van der Waals surface area contributed by atoms with Crippen LogP contribution in [0.3, 0.4) is 0 Å². The van der Waals surface area contributed by atoms with Gasteiger partial charge in [-0.3, -0.25) is 4.79 Å². The molecular formula is C15H20F2N2O2. The lowest BCUT2D eigenvalue weighted by atomic mass is 10.1. The highest BCUT2D eigenvalue weighted by Crippen LogP contribution is 2.24. The molecule has 2 rings (SSSR count). The number of likely N-dealkylation sites (tertiary alicyclic amines) is 1. The standard InChI is InChI=1S/C15H20F2N2O2/c1-9-4-5-12(16)13(14(9)17)15(21)19-8-11(20)6-10(19)7-18(2)3/h4-5,10-11,20H,6-8H2,1-3H3. The molecule has 1 aromatic carbocycles. The number of likely N-dealkylation sites (N-methyl/N-ethyl adjacent to an activating group) is 1. The van der Waals surface area contributed by atoms with Gasteiger partial charge in [0.1, 0.15) is 17.2 Å². The number of amides is 1. The van der Waals surface area contributed by atoms with E-state index in [9.17, 15) is 18.7 Å². The van der Waals surface area contributed by atoms with Crippen LogP contribution in [0.5, 0.6) is 0 Å². The fourth-order valence-corrected chi connectivity index (χ4v) is 2.73. The third-order valence-electron chi connectivity index (χ3n) is 3.73. The van der Waals surface area contributed by atoms with Gasteiger partial charge in [0.2, 0.25) is 0 Å². The number of hydrogen-bond donors (Lipinski definition) is 1. The molecule has 116 valence electrons. The molecule has 21 heavy (non-hydrogen) atoms. The van der Waals surface area contributed by atoms with Crippen LogP contribution >= 0.6 is 0 Å². The Morgan fingerprint density at radius 2 is 2.10 bits per heavy atom. The van der Waals surface area contributed by atoms with E-state index in [-0.39, 0.29) is 18.2 Å². The average Bonchev–Trinajstić information content (AvgIpc) is 2.74. The summed E-state index contributed by atoms with van der Waals surface area (Å²) in [6, 6.07) is 2.15. The van der Waals surface area contributed by atoms with Gasteiger partial charge in [0.25, 0.3) is 5.91 Å². The number of aryl methyl sites for hydroxylation is 1. The first-order chi connectivity index (χ1) is 9.81. The van der Waals surface area contributed by atoms with E-state index in [1.807, 2.05) is 19.0 Å². The van der Waals surface area contributed by atoms with E-state index in [2.05, 4.69) is 0 Å². The predicted molar refractivity (Wildman–Crippen MR) is 75.1 cm³/mol. The number of carbonyl (C=O) groups excluding carboxylic acids is 1. The van der Waals surface area contributed by atoms with Crippen molar-refractivity contribution in [1.82, 2.24) is 9.80 Å². The molecule has 0 bridgehead atoms. The molecule has 1 aliphatic rings. The maximum absolute atomic E-state index is 14.1. The first-order valence-corrected chi connectivity index (χ1v) is 6.89. The van der Waals surface area contributed by atoms with Gasteiger partial charge in [-0.15, -0.1) is 0 Å². The SMILES string of the molecule is Cc1ccc(F)c(C(=O)N2CC(O)CC2CN(C)C)c1F. The molecule has 2 unspecified atom stereocenters. The van der Waals surface area contributed by atoms with Gasteiger partial charge in [-0.2, -0.15) is 0 Å². The van der Waals surface area contributed by atoms with Crippen LogP contribution in [0.15, 0.2) is 12.1 Å². The molecule has 0 saturated carbocycles. The fraction of sp³-hybridized carbons (Fsp3) is 0.533. The van der Waals surface area contributed by atoms with Crippen LogP contribution in [0.2, 0.25) is 0 Å². The summed E-state index contributed by atoms with van der Waals surface area (Å²) < 4.78 is 28.0. The van der Waals surface area contributed by atoms with Crippen LogP contribution in [0.1, 0.15) is 22.3 Å². The Kier molecular flexibility index (Phi) is 4.58. The van der Waals surface area contributed by atoms with Crippen molar-refractivity contribution in [2.75, 3.05) is 27.2 Å². The van der Waals surface area contributed by atoms with Crippen molar-refractivity contribution in [3.63, 3.8) is 0 Å². The lowest BCUT2D eigenvalue weighted by Gasteiger charge is -2.27. The van der Waals surface area contributed by atoms with E-state index in [4.69, 9.17) is 0 Å². The number of halogens is 2. The summed E-state index contributed by atoms with van der Waals surface area (Å²) >= 11 is 0. The van der Waals surface area contributed by atoms with Crippen molar-refractivity contribution in [3.8, 4) is 0 Å². The van der Waals surface area contributed by atoms with Gasteiger partial charge in [-0.1, -0.05) is 6.07 Å². The second-order valence-corrected chi connectivity index (χ2v) is 5.82. The Labute approximate surface area is 123 Å². The zero-order valence-electron chi connectivity index (χ0n) is 12.4. The maximum atomic E-state index is 14.1. The number of aliphatic hydroxyl groups excluding tert-OH is 1. The normalized spacial score (nSPS) is 22.1. The van der Waals surface area contributed by atoms with Crippen LogP contribution in [0.25, 0.3) is 0 Å². The highest BCUT2D eigenvalue weighted by atomic mass is 19.1. The average molecular weight is 298 g/mol. The Morgan fingerprint density at radius 1 is 1.43 bits per heavy atom. The molecule has 1 heterocycles. The van der Waals surface area contributed by atoms with Gasteiger partial charge in [0, 0.05) is 19.1 Å². The van der Waals surface area contributed by atoms with Crippen LogP contribution in [-0.4, -0.2) is 60.1 Å². The minimum absolute atomic E-state index is 0.101. The minimum Gasteiger partial charge on any atom is -0.391 e. The van der Waals surface area contributed by atoms with Crippen molar-refractivity contribution in [3.05, 3.63) is 34.9 Å². The smallest absolute Gasteiger partial charge is 0.260 e. The van der Waals surface area contributed by atoms with Crippen molar-refractivity contribution >= 4 is 5.91 Å². The van der Waals surface area contributed by atoms with E-state index >= 15 is 0 Å². The lowest BCUT2D eigenvalue weighted by molar-refractivity contribution is 0.0689. The molecule has 6 heteroatoms. The van der Waals surface area contributed by atoms with Crippen LogP contribution in [0, 0.1) is 18.6 Å². The fourth-order valence-electron chi connectivity index (χ4n) is 2.73. The third kappa shape index (κ3) is 3.22. The molecule has 1 saturated heterocycles. The first kappa shape index (κ1) is 15.9. The Hall–Kier alpha value is -1.53. The number of rotatable bonds is 3. The first-order valence-electron chi connectivity index (χ1n) is 6.89. The second kappa shape index (κ2) is 6.07. The predicted octanol–water partition coefficient (Wildman–Crippen LogP) is 1.41. The molecule has 0 aliphatic carbocycles. The number of nitrogens with zero attached hydrogens (tertiary/aromatic N) is 2. The Morgan fingerprint density at radius 3 is 2.71 bits per heavy atom. The molecule has 0 spiro atoms. The summed E-state index contributed by atoms with van der Waals surface area (Å²) in [4.78, 5) is 15.7. The quantitative estimate of drug-likeness (QED) is 0.917. The Bertz CT molecular complexity index is 549. The van der Waals surface area contributed by atoms with Gasteiger partial charge < -0.3 is 14.9 Å². The molecule has 4 nitrogen and oxygen atoms in total. The number of carbonyl (C=O) groups is 1. The molecule has 1 fully saturated rings. The third-order valence-corrected chi connectivity index (χ3v) is 3.73. The molecule has 1 aliphatic heterocycles. The second-order valence-electron chi connectivity index (χ2n) is 5.82. The van der Waals surface area contributed by atoms with Crippen LogP contribution in [-0.2, 0) is 0 Å². The van der Waals surface area contributed by atoms with Gasteiger partial charge in [-0.05, 0) is 39.1 Å². The van der Waals surface area contributed by atoms with E-state index in [1.165, 1.54) is 17.9 Å². The maximum Gasteiger partial charge on any atom is 0.260 e. The summed E-state index contributed by atoms with van der Waals surface area (Å²) in [5.74, 6) is -2.39. The molecule has 1 aromatic rings. The zero-order valence-corrected chi connectivity index (χ0v) is 12.4. The topological polar surface area (TPSA) is 43.8 Å². The minimum atomic E-state index is -0.868. The monoisotopic (exact) mass is 298 g/mol. The van der Waals surface area contributed by atoms with Crippen LogP contribution < -0.4 is 0 Å². The summed E-state index contributed by atoms with van der Waals surface area (Å²) in [7, 11) is 3.70. The zero-order chi connectivity index (χ0) is 15.7. The summed E-state index contributed by atoms with van der Waals surface area (Å²) in [5, 5.41) is 9.77. The molecule has 0 aromatic heterocycles. The van der Waals surface area contributed by atoms with Gasteiger partial charge in [0.05, 0.1) is 6.10 Å². The highest BCUT2D eigenvalue weighted by Gasteiger charge is 2.37. The van der Waals surface area contributed by atoms with Gasteiger partial charge in [-0.25, -0.2) is 8.78 Å². The van der Waals surface area contributed by atoms with E-state index in [0.717, 1.165) is 6.07 Å². The molecule has 1 amide bonds.